The zero-order chi connectivity index (χ0) is 20.1. The molecule has 2 aromatic carbocycles. The summed E-state index contributed by atoms with van der Waals surface area (Å²) in [6.45, 7) is 4.81. The van der Waals surface area contributed by atoms with E-state index in [9.17, 15) is 4.79 Å². The lowest BCUT2D eigenvalue weighted by atomic mass is 10.1. The molecule has 29 heavy (non-hydrogen) atoms. The second-order valence-electron chi connectivity index (χ2n) is 7.42. The lowest BCUT2D eigenvalue weighted by Crippen LogP contribution is -2.35. The zero-order valence-corrected chi connectivity index (χ0v) is 17.7. The van der Waals surface area contributed by atoms with Crippen molar-refractivity contribution in [2.45, 2.75) is 38.5 Å². The predicted molar refractivity (Wildman–Crippen MR) is 119 cm³/mol. The van der Waals surface area contributed by atoms with E-state index < -0.39 is 0 Å². The number of rotatable bonds is 8. The van der Waals surface area contributed by atoms with Gasteiger partial charge in [0.1, 0.15) is 0 Å². The molecule has 0 aromatic heterocycles. The summed E-state index contributed by atoms with van der Waals surface area (Å²) in [4.78, 5) is 18.9. The summed E-state index contributed by atoms with van der Waals surface area (Å²) in [6, 6.07) is 21.1. The Morgan fingerprint density at radius 1 is 1.00 bits per heavy atom. The maximum atomic E-state index is 13.4. The molecule has 0 spiro atoms. The van der Waals surface area contributed by atoms with Crippen LogP contribution in [0.2, 0.25) is 0 Å². The third kappa shape index (κ3) is 4.51. The molecule has 2 aliphatic rings. The van der Waals surface area contributed by atoms with Crippen molar-refractivity contribution < 1.29 is 9.53 Å². The molecule has 0 saturated carbocycles. The minimum atomic E-state index is 0.137. The van der Waals surface area contributed by atoms with Crippen LogP contribution in [0.15, 0.2) is 71.6 Å². The Bertz CT molecular complexity index is 840. The maximum Gasteiger partial charge on any atom is 0.321 e. The number of nitrogens with zero attached hydrogens (tertiary/aromatic N) is 2. The fraction of sp³-hybridized carbons (Fsp3) is 0.375. The van der Waals surface area contributed by atoms with Crippen LogP contribution in [0.3, 0.4) is 0 Å². The number of carbonyl (C=O) groups is 1. The smallest absolute Gasteiger partial charge is 0.321 e. The molecule has 2 amide bonds. The molecule has 0 bridgehead atoms. The van der Waals surface area contributed by atoms with Crippen molar-refractivity contribution in [3.63, 3.8) is 0 Å². The summed E-state index contributed by atoms with van der Waals surface area (Å²) in [6.07, 6.45) is 3.17. The van der Waals surface area contributed by atoms with Gasteiger partial charge in [-0.05, 0) is 24.5 Å². The van der Waals surface area contributed by atoms with Crippen molar-refractivity contribution >= 4 is 17.8 Å². The van der Waals surface area contributed by atoms with Crippen LogP contribution in [0.5, 0.6) is 0 Å². The molecule has 2 saturated heterocycles. The largest absolute Gasteiger partial charge is 0.381 e. The Kier molecular flexibility index (Phi) is 6.57. The number of urea groups is 1. The monoisotopic (exact) mass is 408 g/mol. The average Bonchev–Trinajstić information content (AvgIpc) is 3.27. The first-order chi connectivity index (χ1) is 14.3. The molecule has 4 nitrogen and oxygen atoms in total. The van der Waals surface area contributed by atoms with E-state index in [2.05, 4.69) is 40.1 Å². The summed E-state index contributed by atoms with van der Waals surface area (Å²) in [5.74, 6) is 0.953. The Morgan fingerprint density at radius 3 is 2.24 bits per heavy atom. The first-order valence-corrected chi connectivity index (χ1v) is 11.3. The van der Waals surface area contributed by atoms with Gasteiger partial charge in [-0.1, -0.05) is 66.7 Å². The van der Waals surface area contributed by atoms with Crippen molar-refractivity contribution in [2.75, 3.05) is 19.0 Å². The standard InChI is InChI=1S/C24H28N2O2S/c1-2-28-15-9-14-22-23-21(18-29-22)25(16-19-10-5-3-6-11-19)24(27)26(23)17-20-12-7-4-8-13-20/h3-8,10-14,21,23H,2,9,15-18H2,1H3/t21-,23-/m1/s1. The number of fused-ring (bicyclic) bond motifs is 1. The van der Waals surface area contributed by atoms with Gasteiger partial charge in [0.05, 0.1) is 18.7 Å². The third-order valence-electron chi connectivity index (χ3n) is 5.51. The number of thioether (sulfide) groups is 1. The Balaban J connectivity index is 1.57. The summed E-state index contributed by atoms with van der Waals surface area (Å²) in [7, 11) is 0. The van der Waals surface area contributed by atoms with Gasteiger partial charge >= 0.3 is 6.03 Å². The first kappa shape index (κ1) is 20.0. The van der Waals surface area contributed by atoms with Gasteiger partial charge in [-0.2, -0.15) is 0 Å². The molecule has 2 fully saturated rings. The van der Waals surface area contributed by atoms with Crippen molar-refractivity contribution in [1.82, 2.24) is 9.80 Å². The summed E-state index contributed by atoms with van der Waals surface area (Å²) in [5.41, 5.74) is 2.35. The molecule has 4 rings (SSSR count). The van der Waals surface area contributed by atoms with Crippen LogP contribution in [0.4, 0.5) is 4.79 Å². The first-order valence-electron chi connectivity index (χ1n) is 10.3. The van der Waals surface area contributed by atoms with Crippen LogP contribution >= 0.6 is 11.8 Å². The molecule has 2 aliphatic heterocycles. The van der Waals surface area contributed by atoms with Crippen molar-refractivity contribution in [2.24, 2.45) is 0 Å². The Labute approximate surface area is 177 Å². The van der Waals surface area contributed by atoms with Gasteiger partial charge in [-0.3, -0.25) is 0 Å². The molecule has 2 aromatic rings. The van der Waals surface area contributed by atoms with Crippen LogP contribution in [-0.4, -0.2) is 46.9 Å². The van der Waals surface area contributed by atoms with E-state index in [0.717, 1.165) is 25.4 Å². The minimum absolute atomic E-state index is 0.137. The number of carbonyl (C=O) groups excluding carboxylic acids is 1. The molecule has 0 N–H and O–H groups in total. The molecule has 2 heterocycles. The van der Waals surface area contributed by atoms with Gasteiger partial charge in [-0.25, -0.2) is 4.79 Å². The predicted octanol–water partition coefficient (Wildman–Crippen LogP) is 4.92. The Morgan fingerprint density at radius 2 is 1.62 bits per heavy atom. The molecular formula is C24H28N2O2S. The molecule has 152 valence electrons. The summed E-state index contributed by atoms with van der Waals surface area (Å²) in [5, 5.41) is 0. The lowest BCUT2D eigenvalue weighted by Gasteiger charge is -2.23. The van der Waals surface area contributed by atoms with Gasteiger partial charge in [0, 0.05) is 30.4 Å². The van der Waals surface area contributed by atoms with E-state index >= 15 is 0 Å². The van der Waals surface area contributed by atoms with Crippen molar-refractivity contribution in [3.8, 4) is 0 Å². The summed E-state index contributed by atoms with van der Waals surface area (Å²) < 4.78 is 5.50. The van der Waals surface area contributed by atoms with Crippen LogP contribution in [0, 0.1) is 0 Å². The van der Waals surface area contributed by atoms with E-state index in [1.807, 2.05) is 55.1 Å². The molecule has 0 radical (unpaired) electrons. The van der Waals surface area contributed by atoms with Crippen LogP contribution < -0.4 is 0 Å². The van der Waals surface area contributed by atoms with Gasteiger partial charge in [0.15, 0.2) is 0 Å². The number of benzene rings is 2. The van der Waals surface area contributed by atoms with E-state index in [0.29, 0.717) is 13.1 Å². The average molecular weight is 409 g/mol. The highest BCUT2D eigenvalue weighted by Gasteiger charge is 2.50. The quantitative estimate of drug-likeness (QED) is 0.459. The van der Waals surface area contributed by atoms with Gasteiger partial charge in [0.25, 0.3) is 0 Å². The van der Waals surface area contributed by atoms with E-state index in [-0.39, 0.29) is 18.1 Å². The molecule has 0 unspecified atom stereocenters. The molecular weight excluding hydrogens is 380 g/mol. The highest BCUT2D eigenvalue weighted by atomic mass is 32.2. The number of hydrogen-bond donors (Lipinski definition) is 0. The number of ether oxygens (including phenoxy) is 1. The fourth-order valence-corrected chi connectivity index (χ4v) is 5.53. The lowest BCUT2D eigenvalue weighted by molar-refractivity contribution is 0.152. The maximum absolute atomic E-state index is 13.4. The highest BCUT2D eigenvalue weighted by molar-refractivity contribution is 8.03. The van der Waals surface area contributed by atoms with Crippen LogP contribution in [-0.2, 0) is 17.8 Å². The summed E-state index contributed by atoms with van der Waals surface area (Å²) >= 11 is 1.89. The highest BCUT2D eigenvalue weighted by Crippen LogP contribution is 2.43. The van der Waals surface area contributed by atoms with Gasteiger partial charge in [-0.15, -0.1) is 11.8 Å². The SMILES string of the molecule is CCOCCC=C1SC[C@@H]2[C@H]1N(Cc1ccccc1)C(=O)N2Cc1ccccc1. The fourth-order valence-electron chi connectivity index (χ4n) is 4.11. The van der Waals surface area contributed by atoms with E-state index in [4.69, 9.17) is 4.74 Å². The Hall–Kier alpha value is -2.24. The molecule has 0 aliphatic carbocycles. The van der Waals surface area contributed by atoms with Crippen LogP contribution in [0.25, 0.3) is 0 Å². The van der Waals surface area contributed by atoms with Crippen LogP contribution in [0.1, 0.15) is 24.5 Å². The zero-order valence-electron chi connectivity index (χ0n) is 16.9. The number of amides is 2. The van der Waals surface area contributed by atoms with Crippen molar-refractivity contribution in [1.29, 1.82) is 0 Å². The second-order valence-corrected chi connectivity index (χ2v) is 8.52. The topological polar surface area (TPSA) is 32.8 Å². The van der Waals surface area contributed by atoms with Gasteiger partial charge < -0.3 is 14.5 Å². The minimum Gasteiger partial charge on any atom is -0.381 e. The van der Waals surface area contributed by atoms with Crippen molar-refractivity contribution in [3.05, 3.63) is 82.8 Å². The van der Waals surface area contributed by atoms with E-state index in [1.165, 1.54) is 16.0 Å². The van der Waals surface area contributed by atoms with Gasteiger partial charge in [0.2, 0.25) is 0 Å². The normalized spacial score (nSPS) is 22.5. The number of hydrogen-bond acceptors (Lipinski definition) is 3. The molecule has 5 heteroatoms. The molecule has 2 atom stereocenters. The second kappa shape index (κ2) is 9.51. The third-order valence-corrected chi connectivity index (χ3v) is 6.76. The van der Waals surface area contributed by atoms with E-state index in [1.54, 1.807) is 0 Å².